The normalized spacial score (nSPS) is 16.0. The summed E-state index contributed by atoms with van der Waals surface area (Å²) in [7, 11) is 3.94. The van der Waals surface area contributed by atoms with E-state index >= 15 is 0 Å². The Labute approximate surface area is 215 Å². The third kappa shape index (κ3) is 4.93. The van der Waals surface area contributed by atoms with Crippen LogP contribution in [0.1, 0.15) is 57.4 Å². The van der Waals surface area contributed by atoms with Gasteiger partial charge in [0.25, 0.3) is 5.56 Å². The Kier molecular flexibility index (Phi) is 7.05. The maximum Gasteiger partial charge on any atom is 0.338 e. The maximum absolute atomic E-state index is 13.7. The van der Waals surface area contributed by atoms with Gasteiger partial charge in [0.15, 0.2) is 4.80 Å². The van der Waals surface area contributed by atoms with Crippen molar-refractivity contribution in [2.45, 2.75) is 46.1 Å². The Morgan fingerprint density at radius 1 is 1.11 bits per heavy atom. The van der Waals surface area contributed by atoms with Gasteiger partial charge >= 0.3 is 5.97 Å². The van der Waals surface area contributed by atoms with E-state index < -0.39 is 12.0 Å². The molecule has 0 N–H and O–H groups in total. The van der Waals surface area contributed by atoms with Crippen LogP contribution in [0.15, 0.2) is 69.6 Å². The minimum Gasteiger partial charge on any atom is -0.463 e. The van der Waals surface area contributed by atoms with Crippen LogP contribution in [0.25, 0.3) is 6.08 Å². The molecule has 36 heavy (non-hydrogen) atoms. The van der Waals surface area contributed by atoms with Crippen LogP contribution in [0, 0.1) is 0 Å². The van der Waals surface area contributed by atoms with Crippen LogP contribution in [0.2, 0.25) is 0 Å². The zero-order valence-corrected chi connectivity index (χ0v) is 22.8. The Morgan fingerprint density at radius 3 is 2.31 bits per heavy atom. The van der Waals surface area contributed by atoms with Gasteiger partial charge in [-0.25, -0.2) is 9.79 Å². The van der Waals surface area contributed by atoms with Crippen molar-refractivity contribution in [1.82, 2.24) is 4.57 Å². The lowest BCUT2D eigenvalue weighted by Gasteiger charge is -2.25. The molecule has 0 spiro atoms. The van der Waals surface area contributed by atoms with E-state index in [2.05, 4.69) is 37.9 Å². The molecule has 0 radical (unpaired) electrons. The van der Waals surface area contributed by atoms with Crippen LogP contribution in [0.3, 0.4) is 0 Å². The predicted octanol–water partition coefficient (Wildman–Crippen LogP) is 4.16. The van der Waals surface area contributed by atoms with E-state index in [1.165, 1.54) is 16.9 Å². The summed E-state index contributed by atoms with van der Waals surface area (Å²) in [6.07, 6.45) is 1.89. The first kappa shape index (κ1) is 25.6. The van der Waals surface area contributed by atoms with E-state index in [0.717, 1.165) is 16.8 Å². The molecule has 188 valence electrons. The second kappa shape index (κ2) is 9.90. The lowest BCUT2D eigenvalue weighted by Crippen LogP contribution is -2.39. The van der Waals surface area contributed by atoms with Gasteiger partial charge in [0, 0.05) is 19.8 Å². The molecule has 7 heteroatoms. The molecule has 1 aromatic heterocycles. The third-order valence-electron chi connectivity index (χ3n) is 6.32. The summed E-state index contributed by atoms with van der Waals surface area (Å²) in [6, 6.07) is 15.5. The number of carbonyl (C=O) groups is 1. The minimum absolute atomic E-state index is 0.0566. The lowest BCUT2D eigenvalue weighted by atomic mass is 9.87. The number of nitrogens with zero attached hydrogens (tertiary/aromatic N) is 3. The highest BCUT2D eigenvalue weighted by molar-refractivity contribution is 7.07. The number of ether oxygens (including phenoxy) is 1. The number of esters is 1. The predicted molar refractivity (Wildman–Crippen MR) is 146 cm³/mol. The van der Waals surface area contributed by atoms with Crippen molar-refractivity contribution in [1.29, 1.82) is 0 Å². The molecule has 1 aliphatic rings. The average molecular weight is 504 g/mol. The maximum atomic E-state index is 13.7. The topological polar surface area (TPSA) is 63.9 Å². The van der Waals surface area contributed by atoms with E-state index in [1.54, 1.807) is 18.4 Å². The van der Waals surface area contributed by atoms with Crippen molar-refractivity contribution in [3.05, 3.63) is 96.2 Å². The smallest absolute Gasteiger partial charge is 0.338 e. The van der Waals surface area contributed by atoms with Gasteiger partial charge < -0.3 is 9.64 Å². The summed E-state index contributed by atoms with van der Waals surface area (Å²) in [5.41, 5.74) is 4.89. The molecule has 2 heterocycles. The second-order valence-corrected chi connectivity index (χ2v) is 11.2. The number of anilines is 1. The molecule has 0 fully saturated rings. The molecule has 0 aliphatic carbocycles. The zero-order chi connectivity index (χ0) is 26.2. The number of benzene rings is 2. The van der Waals surface area contributed by atoms with Crippen LogP contribution >= 0.6 is 11.3 Å². The van der Waals surface area contributed by atoms with Crippen molar-refractivity contribution < 1.29 is 9.53 Å². The second-order valence-electron chi connectivity index (χ2n) is 10.2. The Morgan fingerprint density at radius 2 is 1.75 bits per heavy atom. The molecule has 4 rings (SSSR count). The number of hydrogen-bond acceptors (Lipinski definition) is 6. The van der Waals surface area contributed by atoms with Gasteiger partial charge in [0.2, 0.25) is 0 Å². The summed E-state index contributed by atoms with van der Waals surface area (Å²) in [4.78, 5) is 34.0. The van der Waals surface area contributed by atoms with Gasteiger partial charge in [-0.3, -0.25) is 9.36 Å². The summed E-state index contributed by atoms with van der Waals surface area (Å²) >= 11 is 1.34. The Balaban J connectivity index is 1.88. The molecule has 3 aromatic rings. The summed E-state index contributed by atoms with van der Waals surface area (Å²) < 4.78 is 7.58. The average Bonchev–Trinajstić information content (AvgIpc) is 3.12. The SMILES string of the molecule is CCOC(=O)C1=C(C)N=c2s/c(=C\c3ccc(C(C)(C)C)cc3)c(=O)n2[C@H]1c1ccc(N(C)C)cc1. The van der Waals surface area contributed by atoms with Crippen molar-refractivity contribution in [3.63, 3.8) is 0 Å². The highest BCUT2D eigenvalue weighted by Crippen LogP contribution is 2.31. The molecule has 1 atom stereocenters. The van der Waals surface area contributed by atoms with Crippen LogP contribution in [0.5, 0.6) is 0 Å². The third-order valence-corrected chi connectivity index (χ3v) is 7.30. The van der Waals surface area contributed by atoms with Crippen molar-refractivity contribution in [2.24, 2.45) is 4.99 Å². The van der Waals surface area contributed by atoms with Crippen LogP contribution in [-0.2, 0) is 14.9 Å². The van der Waals surface area contributed by atoms with Gasteiger partial charge in [0.1, 0.15) is 0 Å². The summed E-state index contributed by atoms with van der Waals surface area (Å²) in [5.74, 6) is -0.451. The standard InChI is InChI=1S/C29H33N3O3S/c1-8-35-27(34)24-18(2)30-28-32(25(24)20-11-15-22(16-12-20)31(6)7)26(33)23(36-28)17-19-9-13-21(14-10-19)29(3,4)5/h9-17,25H,8H2,1-7H3/b23-17-/t25-/m0/s1. The van der Waals surface area contributed by atoms with Crippen molar-refractivity contribution >= 4 is 29.1 Å². The lowest BCUT2D eigenvalue weighted by molar-refractivity contribution is -0.139. The Bertz CT molecular complexity index is 1490. The van der Waals surface area contributed by atoms with Gasteiger partial charge in [-0.2, -0.15) is 0 Å². The molecule has 0 amide bonds. The van der Waals surface area contributed by atoms with Gasteiger partial charge in [-0.05, 0) is 54.2 Å². The molecular formula is C29H33N3O3S. The highest BCUT2D eigenvalue weighted by atomic mass is 32.1. The largest absolute Gasteiger partial charge is 0.463 e. The number of carbonyl (C=O) groups excluding carboxylic acids is 1. The molecule has 2 aromatic carbocycles. The molecule has 6 nitrogen and oxygen atoms in total. The first-order valence-electron chi connectivity index (χ1n) is 12.1. The minimum atomic E-state index is -0.609. The van der Waals surface area contributed by atoms with Crippen molar-refractivity contribution in [2.75, 3.05) is 25.6 Å². The van der Waals surface area contributed by atoms with Gasteiger partial charge in [0.05, 0.1) is 28.5 Å². The fourth-order valence-corrected chi connectivity index (χ4v) is 5.34. The molecule has 0 saturated carbocycles. The number of aromatic nitrogens is 1. The van der Waals surface area contributed by atoms with E-state index in [9.17, 15) is 9.59 Å². The number of allylic oxidation sites excluding steroid dienone is 1. The Hall–Kier alpha value is -3.45. The van der Waals surface area contributed by atoms with Gasteiger partial charge in [-0.1, -0.05) is 68.5 Å². The van der Waals surface area contributed by atoms with E-state index in [1.807, 2.05) is 61.5 Å². The molecule has 0 saturated heterocycles. The first-order chi connectivity index (χ1) is 17.0. The molecule has 0 bridgehead atoms. The number of thiazole rings is 1. The molecule has 0 unspecified atom stereocenters. The summed E-state index contributed by atoms with van der Waals surface area (Å²) in [5, 5.41) is 0. The number of fused-ring (bicyclic) bond motifs is 1. The first-order valence-corrected chi connectivity index (χ1v) is 12.9. The summed E-state index contributed by atoms with van der Waals surface area (Å²) in [6.45, 7) is 10.3. The monoisotopic (exact) mass is 503 g/mol. The van der Waals surface area contributed by atoms with Crippen LogP contribution < -0.4 is 19.8 Å². The van der Waals surface area contributed by atoms with E-state index in [-0.39, 0.29) is 17.6 Å². The highest BCUT2D eigenvalue weighted by Gasteiger charge is 2.33. The fraction of sp³-hybridized carbons (Fsp3) is 0.345. The van der Waals surface area contributed by atoms with Crippen LogP contribution in [-0.4, -0.2) is 31.2 Å². The quantitative estimate of drug-likeness (QED) is 0.491. The fourth-order valence-electron chi connectivity index (χ4n) is 4.29. The van der Waals surface area contributed by atoms with Gasteiger partial charge in [-0.15, -0.1) is 0 Å². The van der Waals surface area contributed by atoms with Crippen molar-refractivity contribution in [3.8, 4) is 0 Å². The van der Waals surface area contributed by atoms with Crippen LogP contribution in [0.4, 0.5) is 5.69 Å². The molecular weight excluding hydrogens is 470 g/mol. The van der Waals surface area contributed by atoms with E-state index in [0.29, 0.717) is 20.6 Å². The molecule has 1 aliphatic heterocycles. The zero-order valence-electron chi connectivity index (χ0n) is 22.0. The number of rotatable bonds is 5. The number of hydrogen-bond donors (Lipinski definition) is 0. The van der Waals surface area contributed by atoms with E-state index in [4.69, 9.17) is 4.74 Å².